The summed E-state index contributed by atoms with van der Waals surface area (Å²) in [7, 11) is 1.98. The lowest BCUT2D eigenvalue weighted by molar-refractivity contribution is -0.0971. The molecule has 0 saturated carbocycles. The van der Waals surface area contributed by atoms with E-state index in [2.05, 4.69) is 4.90 Å². The number of alkyl halides is 2. The van der Waals surface area contributed by atoms with Gasteiger partial charge in [-0.3, -0.25) is 0 Å². The first kappa shape index (κ1) is 13.8. The van der Waals surface area contributed by atoms with Crippen LogP contribution in [0.5, 0.6) is 0 Å². The number of likely N-dealkylation sites (tertiary alicyclic amines) is 1. The summed E-state index contributed by atoms with van der Waals surface area (Å²) < 4.78 is 31.5. The van der Waals surface area contributed by atoms with Crippen molar-refractivity contribution in [2.24, 2.45) is 11.3 Å². The molecule has 0 radical (unpaired) electrons. The molecule has 1 saturated heterocycles. The molecule has 1 aliphatic rings. The molecule has 2 nitrogen and oxygen atoms in total. The maximum absolute atomic E-state index is 13.0. The fourth-order valence-electron chi connectivity index (χ4n) is 2.46. The molecular formula is C12H23F2NO. The first-order chi connectivity index (χ1) is 7.35. The van der Waals surface area contributed by atoms with E-state index in [0.717, 1.165) is 6.54 Å². The van der Waals surface area contributed by atoms with Crippen molar-refractivity contribution < 1.29 is 13.5 Å². The molecule has 2 atom stereocenters. The van der Waals surface area contributed by atoms with Crippen LogP contribution >= 0.6 is 0 Å². The van der Waals surface area contributed by atoms with Crippen LogP contribution in [-0.2, 0) is 4.74 Å². The predicted molar refractivity (Wildman–Crippen MR) is 60.8 cm³/mol. The Labute approximate surface area is 97.0 Å². The van der Waals surface area contributed by atoms with Crippen LogP contribution in [0.1, 0.15) is 27.2 Å². The van der Waals surface area contributed by atoms with Gasteiger partial charge in [0, 0.05) is 17.9 Å². The number of halogens is 2. The van der Waals surface area contributed by atoms with E-state index in [1.807, 2.05) is 27.8 Å². The number of piperidine rings is 1. The molecule has 0 aromatic carbocycles. The van der Waals surface area contributed by atoms with Crippen LogP contribution in [0.4, 0.5) is 8.78 Å². The molecule has 0 amide bonds. The summed E-state index contributed by atoms with van der Waals surface area (Å²) in [6, 6.07) is 0. The number of hydrogen-bond donors (Lipinski definition) is 0. The Hall–Kier alpha value is -0.220. The fraction of sp³-hybridized carbons (Fsp3) is 1.00. The number of rotatable bonds is 4. The molecule has 1 heterocycles. The van der Waals surface area contributed by atoms with Crippen LogP contribution < -0.4 is 0 Å². The molecular weight excluding hydrogens is 212 g/mol. The van der Waals surface area contributed by atoms with Gasteiger partial charge in [0.1, 0.15) is 0 Å². The Kier molecular flexibility index (Phi) is 4.68. The molecule has 0 aromatic heterocycles. The van der Waals surface area contributed by atoms with Crippen molar-refractivity contribution in [2.45, 2.75) is 39.7 Å². The van der Waals surface area contributed by atoms with E-state index < -0.39 is 17.8 Å². The molecule has 0 aliphatic carbocycles. The molecule has 1 fully saturated rings. The van der Waals surface area contributed by atoms with Crippen molar-refractivity contribution in [3.8, 4) is 0 Å². The second-order valence-electron chi connectivity index (χ2n) is 5.48. The van der Waals surface area contributed by atoms with E-state index in [1.54, 1.807) is 0 Å². The Balaban J connectivity index is 2.67. The highest BCUT2D eigenvalue weighted by molar-refractivity contribution is 4.90. The Morgan fingerprint density at radius 3 is 2.56 bits per heavy atom. The van der Waals surface area contributed by atoms with Gasteiger partial charge in [0.15, 0.2) is 0 Å². The Morgan fingerprint density at radius 2 is 2.06 bits per heavy atom. The van der Waals surface area contributed by atoms with Crippen LogP contribution in [0.2, 0.25) is 0 Å². The summed E-state index contributed by atoms with van der Waals surface area (Å²) in [5, 5.41) is 0. The molecule has 0 aromatic rings. The summed E-state index contributed by atoms with van der Waals surface area (Å²) in [5.41, 5.74) is -0.425. The number of hydrogen-bond acceptors (Lipinski definition) is 2. The second-order valence-corrected chi connectivity index (χ2v) is 5.48. The van der Waals surface area contributed by atoms with Gasteiger partial charge in [0.25, 0.3) is 0 Å². The number of nitrogens with zero attached hydrogens (tertiary/aromatic N) is 1. The third kappa shape index (κ3) is 3.39. The SMILES string of the molecule is CC(C)OCC1(C)CN(C)CCC1C(F)F. The van der Waals surface area contributed by atoms with E-state index in [-0.39, 0.29) is 6.10 Å². The molecule has 16 heavy (non-hydrogen) atoms. The minimum atomic E-state index is -2.24. The summed E-state index contributed by atoms with van der Waals surface area (Å²) in [6.45, 7) is 7.66. The third-order valence-electron chi connectivity index (χ3n) is 3.40. The van der Waals surface area contributed by atoms with Gasteiger partial charge >= 0.3 is 0 Å². The van der Waals surface area contributed by atoms with Crippen molar-refractivity contribution in [1.82, 2.24) is 4.90 Å². The van der Waals surface area contributed by atoms with E-state index >= 15 is 0 Å². The highest BCUT2D eigenvalue weighted by atomic mass is 19.3. The van der Waals surface area contributed by atoms with Gasteiger partial charge in [-0.2, -0.15) is 0 Å². The van der Waals surface area contributed by atoms with Crippen LogP contribution in [0, 0.1) is 11.3 Å². The van der Waals surface area contributed by atoms with Crippen molar-refractivity contribution in [2.75, 3.05) is 26.7 Å². The molecule has 1 rings (SSSR count). The van der Waals surface area contributed by atoms with Crippen molar-refractivity contribution in [3.63, 3.8) is 0 Å². The van der Waals surface area contributed by atoms with Crippen LogP contribution in [-0.4, -0.2) is 44.2 Å². The normalized spacial score (nSPS) is 32.6. The Bertz CT molecular complexity index is 223. The van der Waals surface area contributed by atoms with Crippen molar-refractivity contribution in [3.05, 3.63) is 0 Å². The largest absolute Gasteiger partial charge is 0.378 e. The lowest BCUT2D eigenvalue weighted by atomic mass is 9.73. The van der Waals surface area contributed by atoms with Crippen molar-refractivity contribution in [1.29, 1.82) is 0 Å². The predicted octanol–water partition coefficient (Wildman–Crippen LogP) is 2.63. The molecule has 1 aliphatic heterocycles. The van der Waals surface area contributed by atoms with Crippen molar-refractivity contribution >= 4 is 0 Å². The van der Waals surface area contributed by atoms with Crippen LogP contribution in [0.3, 0.4) is 0 Å². The van der Waals surface area contributed by atoms with E-state index in [4.69, 9.17) is 4.74 Å². The fourth-order valence-corrected chi connectivity index (χ4v) is 2.46. The maximum atomic E-state index is 13.0. The van der Waals surface area contributed by atoms with Gasteiger partial charge in [-0.15, -0.1) is 0 Å². The quantitative estimate of drug-likeness (QED) is 0.742. The average Bonchev–Trinajstić information content (AvgIpc) is 2.14. The zero-order valence-corrected chi connectivity index (χ0v) is 10.7. The maximum Gasteiger partial charge on any atom is 0.242 e. The summed E-state index contributed by atoms with van der Waals surface area (Å²) >= 11 is 0. The molecule has 0 N–H and O–H groups in total. The minimum Gasteiger partial charge on any atom is -0.378 e. The topological polar surface area (TPSA) is 12.5 Å². The van der Waals surface area contributed by atoms with E-state index in [0.29, 0.717) is 19.6 Å². The summed E-state index contributed by atoms with van der Waals surface area (Å²) in [6.07, 6.45) is -1.58. The van der Waals surface area contributed by atoms with Crippen LogP contribution in [0.15, 0.2) is 0 Å². The smallest absolute Gasteiger partial charge is 0.242 e. The third-order valence-corrected chi connectivity index (χ3v) is 3.40. The number of ether oxygens (including phenoxy) is 1. The van der Waals surface area contributed by atoms with Gasteiger partial charge in [-0.25, -0.2) is 8.78 Å². The van der Waals surface area contributed by atoms with E-state index in [1.165, 1.54) is 0 Å². The van der Waals surface area contributed by atoms with Gasteiger partial charge in [-0.05, 0) is 33.9 Å². The van der Waals surface area contributed by atoms with Gasteiger partial charge in [-0.1, -0.05) is 6.92 Å². The summed E-state index contributed by atoms with van der Waals surface area (Å²) in [5.74, 6) is -0.539. The van der Waals surface area contributed by atoms with Crippen LogP contribution in [0.25, 0.3) is 0 Å². The molecule has 4 heteroatoms. The molecule has 2 unspecified atom stereocenters. The van der Waals surface area contributed by atoms with E-state index in [9.17, 15) is 8.78 Å². The minimum absolute atomic E-state index is 0.0994. The zero-order chi connectivity index (χ0) is 12.3. The lowest BCUT2D eigenvalue weighted by Gasteiger charge is -2.45. The van der Waals surface area contributed by atoms with Gasteiger partial charge in [0.05, 0.1) is 12.7 Å². The average molecular weight is 235 g/mol. The monoisotopic (exact) mass is 235 g/mol. The van der Waals surface area contributed by atoms with Gasteiger partial charge < -0.3 is 9.64 Å². The summed E-state index contributed by atoms with van der Waals surface area (Å²) in [4.78, 5) is 2.11. The molecule has 96 valence electrons. The Morgan fingerprint density at radius 1 is 1.44 bits per heavy atom. The highest BCUT2D eigenvalue weighted by Gasteiger charge is 2.43. The first-order valence-corrected chi connectivity index (χ1v) is 5.93. The lowest BCUT2D eigenvalue weighted by Crippen LogP contribution is -2.50. The standard InChI is InChI=1S/C12H23F2NO/c1-9(2)16-8-12(3)7-15(4)6-5-10(12)11(13)14/h9-11H,5-8H2,1-4H3. The molecule has 0 bridgehead atoms. The second kappa shape index (κ2) is 5.41. The first-order valence-electron chi connectivity index (χ1n) is 5.93. The molecule has 0 spiro atoms. The highest BCUT2D eigenvalue weighted by Crippen LogP contribution is 2.39. The van der Waals surface area contributed by atoms with Gasteiger partial charge in [0.2, 0.25) is 6.43 Å². The zero-order valence-electron chi connectivity index (χ0n) is 10.7.